The highest BCUT2D eigenvalue weighted by Crippen LogP contribution is 2.27. The summed E-state index contributed by atoms with van der Waals surface area (Å²) in [7, 11) is 0. The van der Waals surface area contributed by atoms with E-state index >= 15 is 0 Å². The number of hydrogen-bond acceptors (Lipinski definition) is 8. The molecule has 0 fully saturated rings. The molecule has 0 atom stereocenters. The minimum atomic E-state index is 0.487. The number of ether oxygens (including phenoxy) is 2. The van der Waals surface area contributed by atoms with Gasteiger partial charge >= 0.3 is 0 Å². The number of aromatic amines is 1. The fourth-order valence-electron chi connectivity index (χ4n) is 3.72. The SMILES string of the molecule is C1=CCCC(CN(C2=COC=CO2)c2n[nH]c(-c3cccnc3NCCc3cccnc3)n2)=C1. The molecule has 1 aliphatic carbocycles. The highest BCUT2D eigenvalue weighted by molar-refractivity contribution is 5.70. The van der Waals surface area contributed by atoms with Crippen LogP contribution in [0.15, 0.2) is 91.3 Å². The van der Waals surface area contributed by atoms with E-state index in [1.807, 2.05) is 29.3 Å². The third kappa shape index (κ3) is 5.15. The fourth-order valence-corrected chi connectivity index (χ4v) is 3.72. The van der Waals surface area contributed by atoms with E-state index in [0.29, 0.717) is 24.2 Å². The first kappa shape index (κ1) is 21.4. The highest BCUT2D eigenvalue weighted by Gasteiger charge is 2.22. The molecule has 172 valence electrons. The second-order valence-corrected chi connectivity index (χ2v) is 7.78. The molecule has 0 spiro atoms. The molecule has 0 radical (unpaired) electrons. The van der Waals surface area contributed by atoms with E-state index in [-0.39, 0.29) is 0 Å². The zero-order chi connectivity index (χ0) is 23.0. The number of allylic oxidation sites excluding steroid dienone is 3. The number of aromatic nitrogens is 5. The topological polar surface area (TPSA) is 101 Å². The van der Waals surface area contributed by atoms with Crippen LogP contribution in [0.3, 0.4) is 0 Å². The molecule has 9 heteroatoms. The third-order valence-electron chi connectivity index (χ3n) is 5.43. The Balaban J connectivity index is 1.36. The highest BCUT2D eigenvalue weighted by atomic mass is 16.5. The molecule has 2 aliphatic rings. The molecule has 5 rings (SSSR count). The van der Waals surface area contributed by atoms with Gasteiger partial charge in [0.2, 0.25) is 5.88 Å². The Kier molecular flexibility index (Phi) is 6.61. The molecular formula is C25H25N7O2. The molecule has 0 amide bonds. The van der Waals surface area contributed by atoms with E-state index in [9.17, 15) is 0 Å². The van der Waals surface area contributed by atoms with Gasteiger partial charge in [-0.25, -0.2) is 4.98 Å². The lowest BCUT2D eigenvalue weighted by atomic mass is 10.1. The molecule has 4 heterocycles. The maximum Gasteiger partial charge on any atom is 0.252 e. The summed E-state index contributed by atoms with van der Waals surface area (Å²) in [5.41, 5.74) is 3.25. The molecule has 0 aromatic carbocycles. The van der Waals surface area contributed by atoms with Gasteiger partial charge in [0.15, 0.2) is 12.1 Å². The van der Waals surface area contributed by atoms with Crippen LogP contribution in [0.4, 0.5) is 11.8 Å². The number of pyridine rings is 2. The second-order valence-electron chi connectivity index (χ2n) is 7.78. The zero-order valence-electron chi connectivity index (χ0n) is 18.6. The molecule has 34 heavy (non-hydrogen) atoms. The van der Waals surface area contributed by atoms with Crippen molar-refractivity contribution in [3.63, 3.8) is 0 Å². The van der Waals surface area contributed by atoms with Gasteiger partial charge in [-0.05, 0) is 43.0 Å². The summed E-state index contributed by atoms with van der Waals surface area (Å²) in [4.78, 5) is 15.3. The zero-order valence-corrected chi connectivity index (χ0v) is 18.6. The van der Waals surface area contributed by atoms with Crippen molar-refractivity contribution in [2.24, 2.45) is 0 Å². The van der Waals surface area contributed by atoms with Crippen LogP contribution in [0, 0.1) is 0 Å². The van der Waals surface area contributed by atoms with E-state index in [0.717, 1.165) is 42.8 Å². The summed E-state index contributed by atoms with van der Waals surface area (Å²) in [6.07, 6.45) is 19.1. The molecule has 0 saturated heterocycles. The van der Waals surface area contributed by atoms with Gasteiger partial charge < -0.3 is 14.8 Å². The molecule has 0 saturated carbocycles. The van der Waals surface area contributed by atoms with Gasteiger partial charge in [0, 0.05) is 25.1 Å². The second kappa shape index (κ2) is 10.5. The summed E-state index contributed by atoms with van der Waals surface area (Å²) >= 11 is 0. The van der Waals surface area contributed by atoms with E-state index in [4.69, 9.17) is 14.5 Å². The average Bonchev–Trinajstić information content (AvgIpc) is 3.39. The fraction of sp³-hybridized carbons (Fsp3) is 0.200. The summed E-state index contributed by atoms with van der Waals surface area (Å²) in [6, 6.07) is 7.84. The molecule has 3 aromatic rings. The minimum Gasteiger partial charge on any atom is -0.464 e. The van der Waals surface area contributed by atoms with Crippen molar-refractivity contribution in [1.82, 2.24) is 25.1 Å². The number of rotatable bonds is 9. The van der Waals surface area contributed by atoms with Gasteiger partial charge in [0.25, 0.3) is 5.95 Å². The van der Waals surface area contributed by atoms with Crippen molar-refractivity contribution in [2.45, 2.75) is 19.3 Å². The number of anilines is 2. The lowest BCUT2D eigenvalue weighted by Crippen LogP contribution is -2.28. The number of hydrogen-bond donors (Lipinski definition) is 2. The lowest BCUT2D eigenvalue weighted by Gasteiger charge is -2.25. The van der Waals surface area contributed by atoms with Gasteiger partial charge in [0.05, 0.1) is 12.1 Å². The van der Waals surface area contributed by atoms with Gasteiger partial charge in [-0.15, -0.1) is 5.10 Å². The van der Waals surface area contributed by atoms with Crippen LogP contribution >= 0.6 is 0 Å². The first-order valence-electron chi connectivity index (χ1n) is 11.2. The van der Waals surface area contributed by atoms with Gasteiger partial charge in [-0.1, -0.05) is 29.9 Å². The van der Waals surface area contributed by atoms with Crippen molar-refractivity contribution >= 4 is 11.8 Å². The Labute approximate surface area is 197 Å². The Bertz CT molecular complexity index is 1230. The Hall–Kier alpha value is -4.40. The van der Waals surface area contributed by atoms with Gasteiger partial charge in [0.1, 0.15) is 18.3 Å². The maximum atomic E-state index is 5.68. The summed E-state index contributed by atoms with van der Waals surface area (Å²) < 4.78 is 11.0. The average molecular weight is 456 g/mol. The normalized spacial score (nSPS) is 14.6. The van der Waals surface area contributed by atoms with Gasteiger partial charge in [-0.3, -0.25) is 15.0 Å². The number of nitrogens with one attached hydrogen (secondary N) is 2. The minimum absolute atomic E-state index is 0.487. The predicted molar refractivity (Wildman–Crippen MR) is 129 cm³/mol. The van der Waals surface area contributed by atoms with Crippen LogP contribution in [0.2, 0.25) is 0 Å². The van der Waals surface area contributed by atoms with Crippen molar-refractivity contribution in [3.8, 4) is 11.4 Å². The molecule has 0 bridgehead atoms. The van der Waals surface area contributed by atoms with E-state index < -0.39 is 0 Å². The first-order valence-corrected chi connectivity index (χ1v) is 11.2. The van der Waals surface area contributed by atoms with E-state index in [2.05, 4.69) is 49.8 Å². The summed E-state index contributed by atoms with van der Waals surface area (Å²) in [5, 5.41) is 10.9. The van der Waals surface area contributed by atoms with E-state index in [1.54, 1.807) is 18.7 Å². The molecular weight excluding hydrogens is 430 g/mol. The smallest absolute Gasteiger partial charge is 0.252 e. The van der Waals surface area contributed by atoms with Crippen molar-refractivity contribution < 1.29 is 9.47 Å². The largest absolute Gasteiger partial charge is 0.464 e. The van der Waals surface area contributed by atoms with E-state index in [1.165, 1.54) is 18.1 Å². The molecule has 0 unspecified atom stereocenters. The van der Waals surface area contributed by atoms with Crippen molar-refractivity contribution in [2.75, 3.05) is 23.3 Å². The molecule has 9 nitrogen and oxygen atoms in total. The lowest BCUT2D eigenvalue weighted by molar-refractivity contribution is 0.248. The predicted octanol–water partition coefficient (Wildman–Crippen LogP) is 4.32. The Morgan fingerprint density at radius 3 is 2.94 bits per heavy atom. The summed E-state index contributed by atoms with van der Waals surface area (Å²) in [5.74, 6) is 2.35. The van der Waals surface area contributed by atoms with Crippen molar-refractivity contribution in [3.05, 3.63) is 96.9 Å². The van der Waals surface area contributed by atoms with Crippen LogP contribution in [0.25, 0.3) is 11.4 Å². The van der Waals surface area contributed by atoms with Crippen LogP contribution in [-0.2, 0) is 15.9 Å². The first-order chi connectivity index (χ1) is 16.9. The Morgan fingerprint density at radius 1 is 1.15 bits per heavy atom. The molecule has 3 aromatic heterocycles. The van der Waals surface area contributed by atoms with Crippen LogP contribution in [0.1, 0.15) is 18.4 Å². The maximum absolute atomic E-state index is 5.68. The molecule has 2 N–H and O–H groups in total. The third-order valence-corrected chi connectivity index (χ3v) is 5.43. The quantitative estimate of drug-likeness (QED) is 0.492. The standard InChI is InChI=1S/C25H25N7O2/c1-2-6-20(7-3-1)17-32(22-18-33-14-15-34-22)25-29-24(30-31-25)21-9-5-12-27-23(21)28-13-10-19-8-4-11-26-16-19/h1-2,4-6,8-9,11-12,14-16,18H,3,7,10,13,17H2,(H,27,28)(H,29,30,31). The van der Waals surface area contributed by atoms with Crippen LogP contribution < -0.4 is 10.2 Å². The summed E-state index contributed by atoms with van der Waals surface area (Å²) in [6.45, 7) is 1.31. The molecule has 1 aliphatic heterocycles. The Morgan fingerprint density at radius 2 is 2.12 bits per heavy atom. The number of nitrogens with zero attached hydrogens (tertiary/aromatic N) is 5. The van der Waals surface area contributed by atoms with Crippen LogP contribution in [0.5, 0.6) is 0 Å². The van der Waals surface area contributed by atoms with Gasteiger partial charge in [-0.2, -0.15) is 4.98 Å². The van der Waals surface area contributed by atoms with Crippen molar-refractivity contribution in [1.29, 1.82) is 0 Å². The van der Waals surface area contributed by atoms with Crippen LogP contribution in [-0.4, -0.2) is 38.2 Å². The monoisotopic (exact) mass is 455 g/mol. The number of H-pyrrole nitrogens is 1.